The summed E-state index contributed by atoms with van der Waals surface area (Å²) in [7, 11) is 1.58. The molecule has 0 atom stereocenters. The second-order valence-electron chi connectivity index (χ2n) is 5.32. The largest absolute Gasteiger partial charge is 0.507 e. The number of hydrogen-bond donors (Lipinski definition) is 3. The fraction of sp³-hybridized carbons (Fsp3) is 0.105. The third-order valence-electron chi connectivity index (χ3n) is 3.35. The first-order valence-corrected chi connectivity index (χ1v) is 8.67. The number of nitrogens with zero attached hydrogens (tertiary/aromatic N) is 1. The number of phenolic OH excluding ortho intramolecular Hbond substituents is 1. The monoisotopic (exact) mass is 431 g/mol. The molecule has 0 aliphatic heterocycles. The van der Waals surface area contributed by atoms with E-state index in [-0.39, 0.29) is 12.3 Å². The van der Waals surface area contributed by atoms with Crippen LogP contribution in [-0.4, -0.2) is 36.8 Å². The Balaban J connectivity index is 1.77. The fourth-order valence-corrected chi connectivity index (χ4v) is 2.33. The average Bonchev–Trinajstić information content (AvgIpc) is 2.67. The molecule has 3 N–H and O–H groups in total. The zero-order valence-electron chi connectivity index (χ0n) is 14.5. The molecule has 0 saturated heterocycles. The molecule has 2 rings (SSSR count). The standard InChI is InChI=1S/C19H18BrN3O4/c1-27-16-6-2-13(3-7-16)4-9-18(25)21-12-19(26)23-22-11-14-10-15(20)5-8-17(14)24/h2-11,24H,12H2,1H3,(H,21,25)(H,23,26)/b9-4+,22-11-. The van der Waals surface area contributed by atoms with Gasteiger partial charge in [-0.2, -0.15) is 5.10 Å². The number of aromatic hydroxyl groups is 1. The van der Waals surface area contributed by atoms with E-state index in [0.717, 1.165) is 15.8 Å². The summed E-state index contributed by atoms with van der Waals surface area (Å²) in [6, 6.07) is 12.0. The second kappa shape index (κ2) is 10.1. The van der Waals surface area contributed by atoms with E-state index < -0.39 is 11.8 Å². The number of hydrogen-bond acceptors (Lipinski definition) is 5. The van der Waals surface area contributed by atoms with Gasteiger partial charge in [-0.05, 0) is 42.0 Å². The molecule has 0 bridgehead atoms. The number of phenols is 1. The molecular weight excluding hydrogens is 414 g/mol. The molecule has 0 aromatic heterocycles. The summed E-state index contributed by atoms with van der Waals surface area (Å²) in [5.74, 6) is -0.139. The van der Waals surface area contributed by atoms with Crippen molar-refractivity contribution in [2.24, 2.45) is 5.10 Å². The molecule has 0 heterocycles. The van der Waals surface area contributed by atoms with Crippen molar-refractivity contribution in [3.8, 4) is 11.5 Å². The summed E-state index contributed by atoms with van der Waals surface area (Å²) in [6.45, 7) is -0.229. The second-order valence-corrected chi connectivity index (χ2v) is 6.24. The van der Waals surface area contributed by atoms with E-state index in [4.69, 9.17) is 4.74 Å². The van der Waals surface area contributed by atoms with Crippen molar-refractivity contribution in [3.63, 3.8) is 0 Å². The first kappa shape index (κ1) is 20.2. The third-order valence-corrected chi connectivity index (χ3v) is 3.84. The predicted octanol–water partition coefficient (Wildman–Crippen LogP) is 2.44. The Hall–Kier alpha value is -3.13. The van der Waals surface area contributed by atoms with Crippen LogP contribution in [0.2, 0.25) is 0 Å². The van der Waals surface area contributed by atoms with Crippen LogP contribution in [0.3, 0.4) is 0 Å². The van der Waals surface area contributed by atoms with E-state index in [1.165, 1.54) is 18.4 Å². The first-order valence-electron chi connectivity index (χ1n) is 7.88. The molecule has 0 aliphatic carbocycles. The Morgan fingerprint density at radius 3 is 2.67 bits per heavy atom. The molecule has 7 nitrogen and oxygen atoms in total. The maximum Gasteiger partial charge on any atom is 0.259 e. The summed E-state index contributed by atoms with van der Waals surface area (Å²) >= 11 is 3.28. The van der Waals surface area contributed by atoms with E-state index in [0.29, 0.717) is 5.56 Å². The Labute approximate surface area is 164 Å². The molecule has 2 amide bonds. The van der Waals surface area contributed by atoms with Gasteiger partial charge in [-0.3, -0.25) is 9.59 Å². The summed E-state index contributed by atoms with van der Waals surface area (Å²) in [6.07, 6.45) is 4.27. The number of ether oxygens (including phenoxy) is 1. The van der Waals surface area contributed by atoms with Crippen LogP contribution >= 0.6 is 15.9 Å². The first-order chi connectivity index (χ1) is 13.0. The summed E-state index contributed by atoms with van der Waals surface area (Å²) in [5.41, 5.74) is 3.54. The quantitative estimate of drug-likeness (QED) is 0.356. The molecule has 2 aromatic carbocycles. The van der Waals surface area contributed by atoms with Crippen LogP contribution in [0.25, 0.3) is 6.08 Å². The van der Waals surface area contributed by atoms with Crippen LogP contribution < -0.4 is 15.5 Å². The minimum Gasteiger partial charge on any atom is -0.507 e. The lowest BCUT2D eigenvalue weighted by Gasteiger charge is -2.02. The van der Waals surface area contributed by atoms with Crippen molar-refractivity contribution in [1.29, 1.82) is 0 Å². The highest BCUT2D eigenvalue weighted by Crippen LogP contribution is 2.19. The summed E-state index contributed by atoms with van der Waals surface area (Å²) in [4.78, 5) is 23.4. The highest BCUT2D eigenvalue weighted by Gasteiger charge is 2.03. The number of amides is 2. The van der Waals surface area contributed by atoms with Crippen LogP contribution in [0, 0.1) is 0 Å². The lowest BCUT2D eigenvalue weighted by atomic mass is 10.2. The Morgan fingerprint density at radius 2 is 1.96 bits per heavy atom. The molecule has 0 saturated carbocycles. The van der Waals surface area contributed by atoms with E-state index in [2.05, 4.69) is 31.8 Å². The predicted molar refractivity (Wildman–Crippen MR) is 107 cm³/mol. The van der Waals surface area contributed by atoms with Gasteiger partial charge in [-0.25, -0.2) is 5.43 Å². The fourth-order valence-electron chi connectivity index (χ4n) is 1.96. The smallest absolute Gasteiger partial charge is 0.259 e. The molecular formula is C19H18BrN3O4. The van der Waals surface area contributed by atoms with Gasteiger partial charge >= 0.3 is 0 Å². The van der Waals surface area contributed by atoms with Crippen LogP contribution in [-0.2, 0) is 9.59 Å². The van der Waals surface area contributed by atoms with Gasteiger partial charge in [0.2, 0.25) is 5.91 Å². The maximum atomic E-state index is 11.7. The summed E-state index contributed by atoms with van der Waals surface area (Å²) in [5, 5.41) is 15.9. The van der Waals surface area contributed by atoms with Crippen molar-refractivity contribution in [1.82, 2.24) is 10.7 Å². The van der Waals surface area contributed by atoms with Crippen LogP contribution in [0.15, 0.2) is 58.1 Å². The van der Waals surface area contributed by atoms with Crippen molar-refractivity contribution in [2.45, 2.75) is 0 Å². The molecule has 2 aromatic rings. The topological polar surface area (TPSA) is 100 Å². The van der Waals surface area contributed by atoms with Gasteiger partial charge in [0.05, 0.1) is 19.9 Å². The minimum atomic E-state index is -0.494. The molecule has 27 heavy (non-hydrogen) atoms. The lowest BCUT2D eigenvalue weighted by Crippen LogP contribution is -2.34. The lowest BCUT2D eigenvalue weighted by molar-refractivity contribution is -0.123. The number of methoxy groups -OCH3 is 1. The molecule has 0 aliphatic rings. The molecule has 140 valence electrons. The normalized spacial score (nSPS) is 10.9. The van der Waals surface area contributed by atoms with Crippen LogP contribution in [0.1, 0.15) is 11.1 Å². The molecule has 8 heteroatoms. The Bertz CT molecular complexity index is 864. The Kier molecular flexibility index (Phi) is 7.57. The van der Waals surface area contributed by atoms with Crippen molar-refractivity contribution >= 4 is 40.0 Å². The minimum absolute atomic E-state index is 0.0353. The molecule has 0 spiro atoms. The van der Waals surface area contributed by atoms with E-state index in [1.54, 1.807) is 49.6 Å². The van der Waals surface area contributed by atoms with E-state index in [9.17, 15) is 14.7 Å². The van der Waals surface area contributed by atoms with Gasteiger partial charge in [0.1, 0.15) is 11.5 Å². The van der Waals surface area contributed by atoms with Crippen LogP contribution in [0.5, 0.6) is 11.5 Å². The number of benzene rings is 2. The van der Waals surface area contributed by atoms with Crippen LogP contribution in [0.4, 0.5) is 0 Å². The number of nitrogens with one attached hydrogen (secondary N) is 2. The van der Waals surface area contributed by atoms with E-state index in [1.807, 2.05) is 0 Å². The number of carbonyl (C=O) groups excluding carboxylic acids is 2. The number of carbonyl (C=O) groups is 2. The van der Waals surface area contributed by atoms with Gasteiger partial charge < -0.3 is 15.2 Å². The molecule has 0 unspecified atom stereocenters. The zero-order chi connectivity index (χ0) is 19.6. The van der Waals surface area contributed by atoms with Crippen molar-refractivity contribution in [2.75, 3.05) is 13.7 Å². The highest BCUT2D eigenvalue weighted by molar-refractivity contribution is 9.10. The Morgan fingerprint density at radius 1 is 1.22 bits per heavy atom. The molecule has 0 fully saturated rings. The van der Waals surface area contributed by atoms with Gasteiger partial charge in [-0.15, -0.1) is 0 Å². The molecule has 0 radical (unpaired) electrons. The van der Waals surface area contributed by atoms with Gasteiger partial charge in [0.25, 0.3) is 5.91 Å². The zero-order valence-corrected chi connectivity index (χ0v) is 16.1. The van der Waals surface area contributed by atoms with Gasteiger partial charge in [-0.1, -0.05) is 28.1 Å². The van der Waals surface area contributed by atoms with E-state index >= 15 is 0 Å². The average molecular weight is 432 g/mol. The maximum absolute atomic E-state index is 11.7. The SMILES string of the molecule is COc1ccc(/C=C/C(=O)NCC(=O)N/N=C\c2cc(Br)ccc2O)cc1. The van der Waals surface area contributed by atoms with Gasteiger partial charge in [0, 0.05) is 16.1 Å². The number of halogens is 1. The third kappa shape index (κ3) is 6.95. The summed E-state index contributed by atoms with van der Waals surface area (Å²) < 4.78 is 5.82. The van der Waals surface area contributed by atoms with Crippen molar-refractivity contribution < 1.29 is 19.4 Å². The highest BCUT2D eigenvalue weighted by atomic mass is 79.9. The van der Waals surface area contributed by atoms with Crippen molar-refractivity contribution in [3.05, 3.63) is 64.1 Å². The number of hydrazone groups is 1. The van der Waals surface area contributed by atoms with Gasteiger partial charge in [0.15, 0.2) is 0 Å². The number of rotatable bonds is 7.